The molecule has 1 N–H and O–H groups in total. The van der Waals surface area contributed by atoms with Gasteiger partial charge in [-0.15, -0.1) is 11.3 Å². The molecule has 1 heterocycles. The first kappa shape index (κ1) is 17.5. The zero-order valence-electron chi connectivity index (χ0n) is 11.9. The van der Waals surface area contributed by atoms with Crippen molar-refractivity contribution in [3.8, 4) is 0 Å². The molecule has 114 valence electrons. The quantitative estimate of drug-likeness (QED) is 0.776. The van der Waals surface area contributed by atoms with Gasteiger partial charge in [0.05, 0.1) is 6.42 Å². The van der Waals surface area contributed by atoms with Crippen molar-refractivity contribution in [1.29, 1.82) is 0 Å². The Morgan fingerprint density at radius 3 is 2.20 bits per heavy atom. The number of hydrogen-bond donors (Lipinski definition) is 1. The number of carbonyl (C=O) groups excluding carboxylic acids is 1. The lowest BCUT2D eigenvalue weighted by molar-refractivity contribution is -0.122. The molecule has 1 aromatic heterocycles. The Morgan fingerprint density at radius 2 is 1.80 bits per heavy atom. The summed E-state index contributed by atoms with van der Waals surface area (Å²) in [6.45, 7) is 6.16. The fourth-order valence-corrected chi connectivity index (χ4v) is 4.22. The second kappa shape index (κ2) is 6.91. The molecule has 20 heavy (non-hydrogen) atoms. The molecule has 0 aliphatic carbocycles. The van der Waals surface area contributed by atoms with Gasteiger partial charge in [0.15, 0.2) is 0 Å². The van der Waals surface area contributed by atoms with Gasteiger partial charge in [-0.25, -0.2) is 8.42 Å². The van der Waals surface area contributed by atoms with Crippen LogP contribution in [0.3, 0.4) is 0 Å². The fourth-order valence-electron chi connectivity index (χ4n) is 2.10. The van der Waals surface area contributed by atoms with Gasteiger partial charge in [0.2, 0.25) is 5.91 Å². The summed E-state index contributed by atoms with van der Waals surface area (Å²) in [5.41, 5.74) is -0.171. The van der Waals surface area contributed by atoms with Crippen molar-refractivity contribution in [3.63, 3.8) is 0 Å². The molecule has 0 spiro atoms. The number of amides is 1. The normalized spacial score (nSPS) is 12.4. The van der Waals surface area contributed by atoms with E-state index in [2.05, 4.69) is 26.1 Å². The van der Waals surface area contributed by atoms with E-state index in [0.29, 0.717) is 4.88 Å². The van der Waals surface area contributed by atoms with Crippen LogP contribution in [0.15, 0.2) is 16.3 Å². The van der Waals surface area contributed by atoms with Crippen LogP contribution in [0.5, 0.6) is 0 Å². The van der Waals surface area contributed by atoms with Crippen molar-refractivity contribution >= 4 is 37.0 Å². The molecular formula is C13H20ClNO3S2. The van der Waals surface area contributed by atoms with Crippen LogP contribution in [-0.2, 0) is 20.3 Å². The maximum absolute atomic E-state index is 12.1. The Morgan fingerprint density at radius 1 is 1.25 bits per heavy atom. The van der Waals surface area contributed by atoms with Crippen molar-refractivity contribution in [1.82, 2.24) is 5.32 Å². The maximum atomic E-state index is 12.1. The van der Waals surface area contributed by atoms with E-state index < -0.39 is 9.05 Å². The van der Waals surface area contributed by atoms with Crippen LogP contribution in [-0.4, -0.2) is 19.9 Å². The Balaban J connectivity index is 2.74. The molecule has 0 bridgehead atoms. The van der Waals surface area contributed by atoms with E-state index in [1.807, 2.05) is 0 Å². The molecule has 1 rings (SSSR count). The second-order valence-corrected chi connectivity index (χ2v) is 8.69. The molecule has 1 aromatic rings. The van der Waals surface area contributed by atoms with E-state index in [1.54, 1.807) is 6.07 Å². The summed E-state index contributed by atoms with van der Waals surface area (Å²) in [7, 11) is 1.56. The molecule has 1 amide bonds. The molecule has 4 nitrogen and oxygen atoms in total. The van der Waals surface area contributed by atoms with Gasteiger partial charge in [0, 0.05) is 21.1 Å². The Hall–Kier alpha value is -0.590. The molecule has 0 unspecified atom stereocenters. The molecule has 0 aromatic carbocycles. The van der Waals surface area contributed by atoms with Crippen LogP contribution in [0.1, 0.15) is 44.9 Å². The predicted molar refractivity (Wildman–Crippen MR) is 82.8 cm³/mol. The topological polar surface area (TPSA) is 63.2 Å². The Kier molecular flexibility index (Phi) is 6.04. The molecule has 0 atom stereocenters. The highest BCUT2D eigenvalue weighted by Crippen LogP contribution is 2.25. The first-order valence-corrected chi connectivity index (χ1v) is 9.73. The van der Waals surface area contributed by atoms with Crippen LogP contribution >= 0.6 is 22.0 Å². The van der Waals surface area contributed by atoms with Gasteiger partial charge in [0.25, 0.3) is 9.05 Å². The maximum Gasteiger partial charge on any atom is 0.270 e. The molecule has 0 aliphatic heterocycles. The van der Waals surface area contributed by atoms with Gasteiger partial charge in [0.1, 0.15) is 4.21 Å². The molecule has 7 heteroatoms. The largest absolute Gasteiger partial charge is 0.350 e. The van der Waals surface area contributed by atoms with E-state index >= 15 is 0 Å². The minimum atomic E-state index is -3.71. The van der Waals surface area contributed by atoms with Gasteiger partial charge in [-0.3, -0.25) is 4.79 Å². The lowest BCUT2D eigenvalue weighted by Crippen LogP contribution is -2.47. The lowest BCUT2D eigenvalue weighted by Gasteiger charge is -2.31. The molecule has 0 saturated carbocycles. The summed E-state index contributed by atoms with van der Waals surface area (Å²) in [4.78, 5) is 12.8. The monoisotopic (exact) mass is 337 g/mol. The van der Waals surface area contributed by atoms with Crippen LogP contribution < -0.4 is 5.32 Å². The molecular weight excluding hydrogens is 318 g/mol. The minimum Gasteiger partial charge on any atom is -0.350 e. The first-order valence-electron chi connectivity index (χ1n) is 6.60. The predicted octanol–water partition coefficient (Wildman–Crippen LogP) is 3.30. The third kappa shape index (κ3) is 4.46. The number of thiophene rings is 1. The van der Waals surface area contributed by atoms with E-state index in [9.17, 15) is 13.2 Å². The number of hydrogen-bond acceptors (Lipinski definition) is 4. The third-order valence-corrected chi connectivity index (χ3v) is 6.83. The molecule has 0 fully saturated rings. The van der Waals surface area contributed by atoms with E-state index in [4.69, 9.17) is 10.7 Å². The van der Waals surface area contributed by atoms with E-state index in [0.717, 1.165) is 30.6 Å². The minimum absolute atomic E-state index is 0.0784. The van der Waals surface area contributed by atoms with Gasteiger partial charge >= 0.3 is 0 Å². The number of halogens is 1. The second-order valence-electron chi connectivity index (χ2n) is 4.72. The number of carbonyl (C=O) groups is 1. The van der Waals surface area contributed by atoms with Crippen LogP contribution in [0.25, 0.3) is 0 Å². The first-order chi connectivity index (χ1) is 9.26. The zero-order valence-corrected chi connectivity index (χ0v) is 14.3. The molecule has 0 radical (unpaired) electrons. The summed E-state index contributed by atoms with van der Waals surface area (Å²) >= 11 is 1.04. The van der Waals surface area contributed by atoms with Crippen molar-refractivity contribution in [2.75, 3.05) is 0 Å². The van der Waals surface area contributed by atoms with Crippen molar-refractivity contribution in [3.05, 3.63) is 17.0 Å². The van der Waals surface area contributed by atoms with E-state index in [1.165, 1.54) is 6.07 Å². The van der Waals surface area contributed by atoms with Crippen molar-refractivity contribution < 1.29 is 13.2 Å². The van der Waals surface area contributed by atoms with Crippen molar-refractivity contribution in [2.24, 2.45) is 0 Å². The highest BCUT2D eigenvalue weighted by molar-refractivity contribution is 8.15. The SMILES string of the molecule is CCC(CC)(CC)NC(=O)Cc1ccc(S(=O)(=O)Cl)s1. The number of nitrogens with one attached hydrogen (secondary N) is 1. The lowest BCUT2D eigenvalue weighted by atomic mass is 9.89. The average molecular weight is 338 g/mol. The summed E-state index contributed by atoms with van der Waals surface area (Å²) < 4.78 is 22.4. The third-order valence-electron chi connectivity index (χ3n) is 3.65. The highest BCUT2D eigenvalue weighted by Gasteiger charge is 2.26. The summed E-state index contributed by atoms with van der Waals surface area (Å²) in [6.07, 6.45) is 2.80. The van der Waals surface area contributed by atoms with Crippen LogP contribution in [0, 0.1) is 0 Å². The van der Waals surface area contributed by atoms with E-state index in [-0.39, 0.29) is 22.1 Å². The van der Waals surface area contributed by atoms with Gasteiger partial charge < -0.3 is 5.32 Å². The fraction of sp³-hybridized carbons (Fsp3) is 0.615. The molecule has 0 aliphatic rings. The summed E-state index contributed by atoms with van der Waals surface area (Å²) in [6, 6.07) is 3.06. The zero-order chi connectivity index (χ0) is 15.4. The Labute approximate surface area is 129 Å². The smallest absolute Gasteiger partial charge is 0.270 e. The van der Waals surface area contributed by atoms with Crippen LogP contribution in [0.2, 0.25) is 0 Å². The Bertz CT molecular complexity index is 554. The number of rotatable bonds is 7. The highest BCUT2D eigenvalue weighted by atomic mass is 35.7. The van der Waals surface area contributed by atoms with Crippen molar-refractivity contribution in [2.45, 2.75) is 56.2 Å². The van der Waals surface area contributed by atoms with Crippen LogP contribution in [0.4, 0.5) is 0 Å². The van der Waals surface area contributed by atoms with Gasteiger partial charge in [-0.05, 0) is 31.4 Å². The summed E-state index contributed by atoms with van der Waals surface area (Å²) in [5.74, 6) is -0.0871. The standard InChI is InChI=1S/C13H20ClNO3S2/c1-4-13(5-2,6-3)15-11(16)9-10-7-8-12(19-10)20(14,17)18/h7-8H,4-6,9H2,1-3H3,(H,15,16). The molecule has 0 saturated heterocycles. The van der Waals surface area contributed by atoms with Gasteiger partial charge in [-0.2, -0.15) is 0 Å². The van der Waals surface area contributed by atoms with Gasteiger partial charge in [-0.1, -0.05) is 20.8 Å². The summed E-state index contributed by atoms with van der Waals surface area (Å²) in [5, 5.41) is 3.06. The average Bonchev–Trinajstić information content (AvgIpc) is 2.84.